The molecule has 0 radical (unpaired) electrons. The van der Waals surface area contributed by atoms with E-state index in [-0.39, 0.29) is 0 Å². The van der Waals surface area contributed by atoms with Crippen molar-refractivity contribution in [1.82, 2.24) is 15.1 Å². The number of aromatic nitrogens is 2. The first-order chi connectivity index (χ1) is 8.08. The lowest BCUT2D eigenvalue weighted by atomic mass is 9.94. The van der Waals surface area contributed by atoms with E-state index in [0.717, 1.165) is 23.9 Å². The summed E-state index contributed by atoms with van der Waals surface area (Å²) in [6, 6.07) is 0.929. The van der Waals surface area contributed by atoms with Gasteiger partial charge >= 0.3 is 0 Å². The summed E-state index contributed by atoms with van der Waals surface area (Å²) in [4.78, 5) is 0. The average Bonchev–Trinajstić information content (AvgIpc) is 2.64. The Morgan fingerprint density at radius 3 is 2.88 bits per heavy atom. The Kier molecular flexibility index (Phi) is 4.10. The summed E-state index contributed by atoms with van der Waals surface area (Å²) in [5.74, 6) is 0.803. The van der Waals surface area contributed by atoms with Gasteiger partial charge in [0, 0.05) is 18.5 Å². The van der Waals surface area contributed by atoms with Crippen LogP contribution in [0.3, 0.4) is 0 Å². The number of nitrogens with one attached hydrogen (secondary N) is 1. The molecule has 0 saturated carbocycles. The molecule has 2 rings (SSSR count). The minimum atomic E-state index is 0.375. The zero-order chi connectivity index (χ0) is 12.4. The predicted molar refractivity (Wildman–Crippen MR) is 71.5 cm³/mol. The molecule has 2 unspecified atom stereocenters. The maximum Gasteiger partial charge on any atom is 0.0818 e. The SMILES string of the molecule is CC1CCC(Cc2c(Cl)cnn2C(C)C)NC1. The van der Waals surface area contributed by atoms with Crippen LogP contribution in [0.25, 0.3) is 0 Å². The van der Waals surface area contributed by atoms with Crippen molar-refractivity contribution in [3.63, 3.8) is 0 Å². The van der Waals surface area contributed by atoms with E-state index in [2.05, 4.69) is 31.2 Å². The van der Waals surface area contributed by atoms with Crippen LogP contribution in [0.4, 0.5) is 0 Å². The van der Waals surface area contributed by atoms with E-state index >= 15 is 0 Å². The third-order valence-electron chi connectivity index (χ3n) is 3.54. The van der Waals surface area contributed by atoms with Gasteiger partial charge in [0.15, 0.2) is 0 Å². The fourth-order valence-electron chi connectivity index (χ4n) is 2.47. The second-order valence-corrected chi connectivity index (χ2v) is 5.88. The molecule has 2 heterocycles. The predicted octanol–water partition coefficient (Wildman–Crippen LogP) is 3.05. The molecule has 0 aliphatic carbocycles. The molecule has 1 aromatic heterocycles. The number of halogens is 1. The molecule has 1 N–H and O–H groups in total. The molecule has 1 aliphatic rings. The van der Waals surface area contributed by atoms with Gasteiger partial charge in [-0.15, -0.1) is 0 Å². The van der Waals surface area contributed by atoms with E-state index in [1.807, 2.05) is 4.68 Å². The fourth-order valence-corrected chi connectivity index (χ4v) is 2.68. The van der Waals surface area contributed by atoms with E-state index in [4.69, 9.17) is 11.6 Å². The van der Waals surface area contributed by atoms with Crippen molar-refractivity contribution in [1.29, 1.82) is 0 Å². The van der Waals surface area contributed by atoms with E-state index in [9.17, 15) is 0 Å². The summed E-state index contributed by atoms with van der Waals surface area (Å²) in [7, 11) is 0. The van der Waals surface area contributed by atoms with Crippen molar-refractivity contribution >= 4 is 11.6 Å². The second-order valence-electron chi connectivity index (χ2n) is 5.47. The highest BCUT2D eigenvalue weighted by molar-refractivity contribution is 6.31. The Morgan fingerprint density at radius 1 is 1.53 bits per heavy atom. The minimum absolute atomic E-state index is 0.375. The molecule has 1 aromatic rings. The molecule has 0 aromatic carbocycles. The molecule has 2 atom stereocenters. The molecule has 4 heteroatoms. The zero-order valence-electron chi connectivity index (χ0n) is 10.9. The molecule has 0 amide bonds. The van der Waals surface area contributed by atoms with Crippen molar-refractivity contribution < 1.29 is 0 Å². The monoisotopic (exact) mass is 255 g/mol. The first-order valence-electron chi connectivity index (χ1n) is 6.53. The number of piperidine rings is 1. The highest BCUT2D eigenvalue weighted by Crippen LogP contribution is 2.23. The van der Waals surface area contributed by atoms with Crippen LogP contribution in [0, 0.1) is 5.92 Å². The molecule has 1 saturated heterocycles. The number of nitrogens with zero attached hydrogens (tertiary/aromatic N) is 2. The highest BCUT2D eigenvalue weighted by atomic mass is 35.5. The molecule has 17 heavy (non-hydrogen) atoms. The lowest BCUT2D eigenvalue weighted by Crippen LogP contribution is -2.39. The van der Waals surface area contributed by atoms with Gasteiger partial charge in [-0.25, -0.2) is 0 Å². The fraction of sp³-hybridized carbons (Fsp3) is 0.769. The molecule has 1 aliphatic heterocycles. The molecule has 3 nitrogen and oxygen atoms in total. The zero-order valence-corrected chi connectivity index (χ0v) is 11.7. The van der Waals surface area contributed by atoms with Crippen LogP contribution in [0.2, 0.25) is 5.02 Å². The molecule has 0 spiro atoms. The molecular formula is C13H22ClN3. The Bertz CT molecular complexity index is 365. The molecule has 96 valence electrons. The number of hydrogen-bond donors (Lipinski definition) is 1. The van der Waals surface area contributed by atoms with Gasteiger partial charge < -0.3 is 5.32 Å². The summed E-state index contributed by atoms with van der Waals surface area (Å²) in [5.41, 5.74) is 1.17. The summed E-state index contributed by atoms with van der Waals surface area (Å²) in [6.45, 7) is 7.71. The van der Waals surface area contributed by atoms with Crippen LogP contribution in [0.1, 0.15) is 45.3 Å². The first kappa shape index (κ1) is 12.9. The van der Waals surface area contributed by atoms with Gasteiger partial charge in [-0.3, -0.25) is 4.68 Å². The van der Waals surface area contributed by atoms with Gasteiger partial charge in [-0.2, -0.15) is 5.10 Å². The summed E-state index contributed by atoms with van der Waals surface area (Å²) < 4.78 is 2.04. The van der Waals surface area contributed by atoms with Gasteiger partial charge in [0.1, 0.15) is 0 Å². The van der Waals surface area contributed by atoms with Crippen LogP contribution < -0.4 is 5.32 Å². The average molecular weight is 256 g/mol. The minimum Gasteiger partial charge on any atom is -0.313 e. The Labute approximate surface area is 109 Å². The van der Waals surface area contributed by atoms with Crippen molar-refractivity contribution in [3.05, 3.63) is 16.9 Å². The summed E-state index contributed by atoms with van der Waals surface area (Å²) in [5, 5.41) is 8.76. The lowest BCUT2D eigenvalue weighted by molar-refractivity contribution is 0.320. The van der Waals surface area contributed by atoms with Crippen molar-refractivity contribution in [3.8, 4) is 0 Å². The molecule has 1 fully saturated rings. The Morgan fingerprint density at radius 2 is 2.29 bits per heavy atom. The third-order valence-corrected chi connectivity index (χ3v) is 3.86. The van der Waals surface area contributed by atoms with Crippen LogP contribution >= 0.6 is 11.6 Å². The molecular weight excluding hydrogens is 234 g/mol. The van der Waals surface area contributed by atoms with Gasteiger partial charge in [0.2, 0.25) is 0 Å². The standard InChI is InChI=1S/C13H22ClN3/c1-9(2)17-13(12(14)8-16-17)6-11-5-4-10(3)7-15-11/h8-11,15H,4-7H2,1-3H3. The number of hydrogen-bond acceptors (Lipinski definition) is 2. The van der Waals surface area contributed by atoms with E-state index in [1.165, 1.54) is 18.5 Å². The van der Waals surface area contributed by atoms with Crippen molar-refractivity contribution in [2.75, 3.05) is 6.54 Å². The normalized spacial score (nSPS) is 25.5. The maximum absolute atomic E-state index is 6.23. The van der Waals surface area contributed by atoms with E-state index < -0.39 is 0 Å². The molecule has 0 bridgehead atoms. The van der Waals surface area contributed by atoms with Crippen LogP contribution in [-0.2, 0) is 6.42 Å². The quantitative estimate of drug-likeness (QED) is 0.900. The van der Waals surface area contributed by atoms with Gasteiger partial charge in [-0.05, 0) is 39.2 Å². The topological polar surface area (TPSA) is 29.9 Å². The van der Waals surface area contributed by atoms with Gasteiger partial charge in [-0.1, -0.05) is 18.5 Å². The summed E-state index contributed by atoms with van der Waals surface area (Å²) >= 11 is 6.23. The lowest BCUT2D eigenvalue weighted by Gasteiger charge is -2.28. The second kappa shape index (κ2) is 5.40. The number of rotatable bonds is 3. The van der Waals surface area contributed by atoms with Gasteiger partial charge in [0.05, 0.1) is 16.9 Å². The Hall–Kier alpha value is -0.540. The maximum atomic E-state index is 6.23. The van der Waals surface area contributed by atoms with Crippen LogP contribution in [0.15, 0.2) is 6.20 Å². The van der Waals surface area contributed by atoms with Gasteiger partial charge in [0.25, 0.3) is 0 Å². The highest BCUT2D eigenvalue weighted by Gasteiger charge is 2.21. The van der Waals surface area contributed by atoms with Crippen molar-refractivity contribution in [2.45, 2.75) is 52.1 Å². The van der Waals surface area contributed by atoms with Crippen LogP contribution in [0.5, 0.6) is 0 Å². The largest absolute Gasteiger partial charge is 0.313 e. The van der Waals surface area contributed by atoms with Crippen molar-refractivity contribution in [2.24, 2.45) is 5.92 Å². The summed E-state index contributed by atoms with van der Waals surface area (Å²) in [6.07, 6.45) is 5.30. The van der Waals surface area contributed by atoms with E-state index in [0.29, 0.717) is 12.1 Å². The Balaban J connectivity index is 2.05. The van der Waals surface area contributed by atoms with Crippen LogP contribution in [-0.4, -0.2) is 22.4 Å². The first-order valence-corrected chi connectivity index (χ1v) is 6.91. The smallest absolute Gasteiger partial charge is 0.0818 e. The third kappa shape index (κ3) is 3.02. The van der Waals surface area contributed by atoms with E-state index in [1.54, 1.807) is 6.20 Å².